The molecule has 4 nitrogen and oxygen atoms in total. The fourth-order valence-electron chi connectivity index (χ4n) is 6.87. The van der Waals surface area contributed by atoms with Crippen LogP contribution in [0, 0.1) is 28.6 Å². The lowest BCUT2D eigenvalue weighted by Crippen LogP contribution is -2.51. The molecule has 0 bridgehead atoms. The van der Waals surface area contributed by atoms with E-state index in [9.17, 15) is 9.36 Å². The van der Waals surface area contributed by atoms with Gasteiger partial charge in [-0.3, -0.25) is 9.36 Å². The first-order valence-electron chi connectivity index (χ1n) is 9.87. The molecule has 5 heteroatoms. The number of rotatable bonds is 3. The summed E-state index contributed by atoms with van der Waals surface area (Å²) < 4.78 is 22.6. The molecule has 0 aromatic heterocycles. The van der Waals surface area contributed by atoms with Crippen LogP contribution in [-0.2, 0) is 18.4 Å². The third-order valence-corrected chi connectivity index (χ3v) is 9.09. The lowest BCUT2D eigenvalue weighted by Gasteiger charge is -2.57. The normalized spacial score (nSPS) is 47.5. The number of ketones is 1. The van der Waals surface area contributed by atoms with Gasteiger partial charge in [-0.2, -0.15) is 0 Å². The molecular formula is C20H31O4P. The summed E-state index contributed by atoms with van der Waals surface area (Å²) in [5, 5.41) is 0. The van der Waals surface area contributed by atoms with Crippen LogP contribution in [0.2, 0.25) is 0 Å². The van der Waals surface area contributed by atoms with Crippen molar-refractivity contribution in [1.82, 2.24) is 0 Å². The minimum Gasteiger partial charge on any atom is -0.314 e. The van der Waals surface area contributed by atoms with Crippen molar-refractivity contribution in [3.8, 4) is 0 Å². The molecule has 140 valence electrons. The lowest BCUT2D eigenvalue weighted by molar-refractivity contribution is -0.117. The maximum atomic E-state index is 11.9. The molecule has 0 aromatic carbocycles. The van der Waals surface area contributed by atoms with E-state index in [1.165, 1.54) is 31.9 Å². The Morgan fingerprint density at radius 3 is 2.64 bits per heavy atom. The molecule has 7 atom stereocenters. The van der Waals surface area contributed by atoms with Crippen molar-refractivity contribution < 1.29 is 18.4 Å². The highest BCUT2D eigenvalue weighted by Gasteiger charge is 2.59. The van der Waals surface area contributed by atoms with Gasteiger partial charge in [-0.25, -0.2) is 0 Å². The third kappa shape index (κ3) is 2.71. The fourth-order valence-corrected chi connectivity index (χ4v) is 7.58. The Kier molecular flexibility index (Phi) is 4.54. The SMILES string of the molecule is CO[PH](=O)O[C@H]1CC[C@H]2[C@@H]3CCC4=CC(=O)CC[C@]4(C)[C@H]3CC[C@]12C. The van der Waals surface area contributed by atoms with Gasteiger partial charge in [-0.05, 0) is 79.6 Å². The molecule has 0 aromatic rings. The van der Waals surface area contributed by atoms with Gasteiger partial charge < -0.3 is 9.05 Å². The molecule has 4 rings (SSSR count). The summed E-state index contributed by atoms with van der Waals surface area (Å²) in [7, 11) is -0.896. The molecular weight excluding hydrogens is 335 g/mol. The minimum absolute atomic E-state index is 0.0717. The molecule has 0 aliphatic heterocycles. The third-order valence-electron chi connectivity index (χ3n) is 8.28. The topological polar surface area (TPSA) is 52.6 Å². The Bertz CT molecular complexity index is 629. The Labute approximate surface area is 151 Å². The summed E-state index contributed by atoms with van der Waals surface area (Å²) >= 11 is 0. The van der Waals surface area contributed by atoms with E-state index in [0.29, 0.717) is 30.0 Å². The van der Waals surface area contributed by atoms with Crippen LogP contribution in [0.3, 0.4) is 0 Å². The Morgan fingerprint density at radius 1 is 1.08 bits per heavy atom. The van der Waals surface area contributed by atoms with E-state index in [1.54, 1.807) is 0 Å². The van der Waals surface area contributed by atoms with Crippen molar-refractivity contribution in [3.63, 3.8) is 0 Å². The van der Waals surface area contributed by atoms with Crippen LogP contribution in [0.15, 0.2) is 11.6 Å². The van der Waals surface area contributed by atoms with Crippen molar-refractivity contribution in [2.45, 2.75) is 71.3 Å². The van der Waals surface area contributed by atoms with Gasteiger partial charge in [0.05, 0.1) is 6.10 Å². The quantitative estimate of drug-likeness (QED) is 0.664. The van der Waals surface area contributed by atoms with Crippen molar-refractivity contribution in [1.29, 1.82) is 0 Å². The molecule has 4 aliphatic rings. The van der Waals surface area contributed by atoms with Crippen LogP contribution in [0.5, 0.6) is 0 Å². The Morgan fingerprint density at radius 2 is 1.88 bits per heavy atom. The van der Waals surface area contributed by atoms with Gasteiger partial charge in [-0.1, -0.05) is 19.4 Å². The van der Waals surface area contributed by atoms with E-state index >= 15 is 0 Å². The van der Waals surface area contributed by atoms with E-state index < -0.39 is 8.25 Å². The van der Waals surface area contributed by atoms with Crippen LogP contribution in [-0.4, -0.2) is 19.0 Å². The first-order valence-corrected chi connectivity index (χ1v) is 11.1. The van der Waals surface area contributed by atoms with Gasteiger partial charge >= 0.3 is 8.25 Å². The highest BCUT2D eigenvalue weighted by Crippen LogP contribution is 2.66. The molecule has 0 spiro atoms. The number of fused-ring (bicyclic) bond motifs is 5. The van der Waals surface area contributed by atoms with Crippen LogP contribution < -0.4 is 0 Å². The average Bonchev–Trinajstić information content (AvgIpc) is 2.92. The van der Waals surface area contributed by atoms with Crippen molar-refractivity contribution in [2.75, 3.05) is 7.11 Å². The number of hydrogen-bond donors (Lipinski definition) is 0. The van der Waals surface area contributed by atoms with Crippen molar-refractivity contribution >= 4 is 14.0 Å². The molecule has 0 saturated heterocycles. The van der Waals surface area contributed by atoms with Crippen LogP contribution >= 0.6 is 8.25 Å². The summed E-state index contributed by atoms with van der Waals surface area (Å²) in [6, 6.07) is 0. The zero-order chi connectivity index (χ0) is 17.8. The minimum atomic E-state index is -2.36. The molecule has 0 N–H and O–H groups in total. The molecule has 0 amide bonds. The lowest BCUT2D eigenvalue weighted by atomic mass is 9.47. The van der Waals surface area contributed by atoms with Crippen molar-refractivity contribution in [2.24, 2.45) is 28.6 Å². The van der Waals surface area contributed by atoms with Crippen LogP contribution in [0.1, 0.15) is 65.2 Å². The molecule has 1 unspecified atom stereocenters. The second kappa shape index (κ2) is 6.32. The predicted molar refractivity (Wildman–Crippen MR) is 97.6 cm³/mol. The molecule has 3 saturated carbocycles. The van der Waals surface area contributed by atoms with Gasteiger partial charge in [0.15, 0.2) is 5.78 Å². The maximum absolute atomic E-state index is 11.9. The summed E-state index contributed by atoms with van der Waals surface area (Å²) in [4.78, 5) is 11.9. The monoisotopic (exact) mass is 366 g/mol. The summed E-state index contributed by atoms with van der Waals surface area (Å²) in [6.07, 6.45) is 10.6. The van der Waals surface area contributed by atoms with Crippen LogP contribution in [0.25, 0.3) is 0 Å². The van der Waals surface area contributed by atoms with Gasteiger partial charge in [0.1, 0.15) is 0 Å². The second-order valence-electron chi connectivity index (χ2n) is 9.15. The standard InChI is InChI=1S/C20H31O4P/c1-19-10-8-14(21)12-13(19)4-5-15-16-6-7-18(24-25(22)23-3)20(16,2)11-9-17(15)19/h12,15-18,25H,4-11H2,1-3H3/t15-,16-,17-,18-,19-,20-/m0/s1. The highest BCUT2D eigenvalue weighted by atomic mass is 31.1. The largest absolute Gasteiger partial charge is 0.319 e. The van der Waals surface area contributed by atoms with E-state index in [0.717, 1.165) is 25.7 Å². The Hall–Kier alpha value is -0.440. The zero-order valence-corrected chi connectivity index (χ0v) is 16.7. The van der Waals surface area contributed by atoms with E-state index in [4.69, 9.17) is 9.05 Å². The molecule has 0 heterocycles. The van der Waals surface area contributed by atoms with Gasteiger partial charge in [0, 0.05) is 13.5 Å². The molecule has 0 radical (unpaired) electrons. The second-order valence-corrected chi connectivity index (χ2v) is 10.3. The number of carbonyl (C=O) groups excluding carboxylic acids is 1. The van der Waals surface area contributed by atoms with Crippen LogP contribution in [0.4, 0.5) is 0 Å². The zero-order valence-electron chi connectivity index (χ0n) is 15.7. The smallest absolute Gasteiger partial charge is 0.314 e. The maximum Gasteiger partial charge on any atom is 0.319 e. The molecule has 25 heavy (non-hydrogen) atoms. The number of hydrogen-bond acceptors (Lipinski definition) is 4. The Balaban J connectivity index is 1.59. The first kappa shape index (κ1) is 17.9. The van der Waals surface area contributed by atoms with Crippen molar-refractivity contribution in [3.05, 3.63) is 11.6 Å². The highest BCUT2D eigenvalue weighted by molar-refractivity contribution is 7.33. The summed E-state index contributed by atoms with van der Waals surface area (Å²) in [6.45, 7) is 4.77. The van der Waals surface area contributed by atoms with Gasteiger partial charge in [-0.15, -0.1) is 0 Å². The van der Waals surface area contributed by atoms with E-state index in [2.05, 4.69) is 13.8 Å². The fraction of sp³-hybridized carbons (Fsp3) is 0.850. The summed E-state index contributed by atoms with van der Waals surface area (Å²) in [5.41, 5.74) is 1.77. The number of carbonyl (C=O) groups is 1. The van der Waals surface area contributed by atoms with E-state index in [-0.39, 0.29) is 16.9 Å². The summed E-state index contributed by atoms with van der Waals surface area (Å²) in [5.74, 6) is 2.38. The molecule has 4 aliphatic carbocycles. The first-order chi connectivity index (χ1) is 11.9. The van der Waals surface area contributed by atoms with E-state index in [1.807, 2.05) is 6.08 Å². The number of allylic oxidation sites excluding steroid dienone is 1. The average molecular weight is 366 g/mol. The predicted octanol–water partition coefficient (Wildman–Crippen LogP) is 4.94. The van der Waals surface area contributed by atoms with Gasteiger partial charge in [0.2, 0.25) is 0 Å². The molecule has 3 fully saturated rings. The van der Waals surface area contributed by atoms with Gasteiger partial charge in [0.25, 0.3) is 0 Å².